The number of halogens is 1. The van der Waals surface area contributed by atoms with E-state index >= 15 is 0 Å². The third-order valence-corrected chi connectivity index (χ3v) is 25.6. The van der Waals surface area contributed by atoms with Crippen molar-refractivity contribution in [3.8, 4) is 0 Å². The van der Waals surface area contributed by atoms with Crippen molar-refractivity contribution in [2.45, 2.75) is 113 Å². The zero-order chi connectivity index (χ0) is 19.1. The first-order chi connectivity index (χ1) is 13.0. The number of hydrogen-bond acceptors (Lipinski definition) is 0. The minimum atomic E-state index is -0.556. The van der Waals surface area contributed by atoms with Crippen LogP contribution in [-0.4, -0.2) is 21.5 Å². The Morgan fingerprint density at radius 1 is 0.889 bits per heavy atom. The molecule has 0 aromatic heterocycles. The molecule has 0 spiro atoms. The fourth-order valence-corrected chi connectivity index (χ4v) is 23.2. The molecule has 0 N–H and O–H groups in total. The van der Waals surface area contributed by atoms with Gasteiger partial charge in [0.25, 0.3) is 0 Å². The Labute approximate surface area is 181 Å². The molecule has 11 unspecified atom stereocenters. The van der Waals surface area contributed by atoms with E-state index in [4.69, 9.17) is 0 Å². The Morgan fingerprint density at radius 3 is 2.48 bits per heavy atom. The maximum atomic E-state index is 4.27. The van der Waals surface area contributed by atoms with Gasteiger partial charge in [-0.3, -0.25) is 0 Å². The number of unbranched alkanes of at least 4 members (excludes halogenated alkanes) is 1. The number of fused-ring (bicyclic) bond motifs is 2. The molecule has 0 amide bonds. The SMILES string of the molecule is CCCCC1CCC([SiH](C)[SiH](C)C2C(C)CC3C(Br)C4CCCC4CC32)C1. The van der Waals surface area contributed by atoms with Crippen LogP contribution >= 0.6 is 15.9 Å². The molecule has 156 valence electrons. The van der Waals surface area contributed by atoms with Crippen LogP contribution in [0.5, 0.6) is 0 Å². The van der Waals surface area contributed by atoms with Gasteiger partial charge in [0, 0.05) is 21.5 Å². The zero-order valence-corrected chi connectivity index (χ0v) is 22.4. The van der Waals surface area contributed by atoms with E-state index in [9.17, 15) is 0 Å². The lowest BCUT2D eigenvalue weighted by Gasteiger charge is -2.43. The van der Waals surface area contributed by atoms with Crippen molar-refractivity contribution < 1.29 is 0 Å². The fraction of sp³-hybridized carbons (Fsp3) is 1.00. The lowest BCUT2D eigenvalue weighted by molar-refractivity contribution is 0.169. The van der Waals surface area contributed by atoms with Gasteiger partial charge in [0.2, 0.25) is 0 Å². The molecule has 4 fully saturated rings. The third kappa shape index (κ3) is 4.09. The van der Waals surface area contributed by atoms with Crippen LogP contribution in [0.4, 0.5) is 0 Å². The highest BCUT2D eigenvalue weighted by Gasteiger charge is 2.54. The predicted octanol–water partition coefficient (Wildman–Crippen LogP) is 7.37. The minimum absolute atomic E-state index is 0.505. The lowest BCUT2D eigenvalue weighted by atomic mass is 9.71. The maximum absolute atomic E-state index is 4.27. The highest BCUT2D eigenvalue weighted by molar-refractivity contribution is 9.09. The number of alkyl halides is 1. The van der Waals surface area contributed by atoms with E-state index in [1.807, 2.05) is 0 Å². The second-order valence-corrected chi connectivity index (χ2v) is 24.0. The summed E-state index contributed by atoms with van der Waals surface area (Å²) in [4.78, 5) is 0.874. The van der Waals surface area contributed by atoms with Crippen molar-refractivity contribution in [1.82, 2.24) is 0 Å². The molecule has 0 saturated heterocycles. The van der Waals surface area contributed by atoms with Crippen LogP contribution in [0.3, 0.4) is 0 Å². The molecule has 4 aliphatic rings. The van der Waals surface area contributed by atoms with Crippen molar-refractivity contribution in [2.24, 2.45) is 35.5 Å². The summed E-state index contributed by atoms with van der Waals surface area (Å²) in [6.45, 7) is 10.7. The summed E-state index contributed by atoms with van der Waals surface area (Å²) >= 11 is 4.27. The smallest absolute Gasteiger partial charge is 0.0288 e. The Balaban J connectivity index is 1.41. The van der Waals surface area contributed by atoms with E-state index in [1.54, 1.807) is 44.9 Å². The van der Waals surface area contributed by atoms with Gasteiger partial charge in [-0.1, -0.05) is 99.8 Å². The number of rotatable bonds is 6. The van der Waals surface area contributed by atoms with Crippen LogP contribution in [0.15, 0.2) is 0 Å². The molecule has 0 aromatic rings. The Bertz CT molecular complexity index is 497. The first kappa shape index (κ1) is 21.2. The zero-order valence-electron chi connectivity index (χ0n) is 18.5. The van der Waals surface area contributed by atoms with E-state index < -0.39 is 16.6 Å². The first-order valence-corrected chi connectivity index (χ1v) is 19.9. The molecule has 3 heteroatoms. The normalized spacial score (nSPS) is 49.0. The molecule has 11 atom stereocenters. The number of hydrogen-bond donors (Lipinski definition) is 0. The second-order valence-electron chi connectivity index (χ2n) is 11.5. The average molecular weight is 470 g/mol. The molecule has 4 rings (SSSR count). The summed E-state index contributed by atoms with van der Waals surface area (Å²) in [6.07, 6.45) is 17.1. The van der Waals surface area contributed by atoms with Crippen molar-refractivity contribution in [3.63, 3.8) is 0 Å². The monoisotopic (exact) mass is 468 g/mol. The Morgan fingerprint density at radius 2 is 1.70 bits per heavy atom. The van der Waals surface area contributed by atoms with E-state index in [1.165, 1.54) is 36.8 Å². The Kier molecular flexibility index (Phi) is 7.02. The van der Waals surface area contributed by atoms with Crippen LogP contribution in [0.2, 0.25) is 24.2 Å². The Hall–Kier alpha value is 0.914. The van der Waals surface area contributed by atoms with Gasteiger partial charge in [-0.15, -0.1) is 0 Å². The van der Waals surface area contributed by atoms with Crippen LogP contribution in [-0.2, 0) is 0 Å². The van der Waals surface area contributed by atoms with Gasteiger partial charge in [-0.25, -0.2) is 0 Å². The molecule has 4 aliphatic carbocycles. The summed E-state index contributed by atoms with van der Waals surface area (Å²) in [5.41, 5.74) is 2.43. The molecule has 0 aromatic carbocycles. The standard InChI is InChI=1S/C24H45BrSi2/c1-5-6-8-17-11-12-19(14-17)26(3)27(4)24-16(2)13-21-22(24)15-18-9-7-10-20(18)23(21)25/h16-24,26-27H,5-15H2,1-4H3. The average Bonchev–Trinajstić information content (AvgIpc) is 3.37. The first-order valence-electron chi connectivity index (χ1n) is 12.6. The molecule has 0 radical (unpaired) electrons. The summed E-state index contributed by atoms with van der Waals surface area (Å²) in [6, 6.07) is 0. The largest absolute Gasteiger partial charge is 0.0884 e. The quantitative estimate of drug-likeness (QED) is 0.281. The van der Waals surface area contributed by atoms with Gasteiger partial charge < -0.3 is 0 Å². The molecule has 0 heterocycles. The highest BCUT2D eigenvalue weighted by atomic mass is 79.9. The minimum Gasteiger partial charge on any atom is -0.0884 e. The molecule has 0 bridgehead atoms. The van der Waals surface area contributed by atoms with E-state index in [2.05, 4.69) is 42.9 Å². The third-order valence-electron chi connectivity index (χ3n) is 10.2. The summed E-state index contributed by atoms with van der Waals surface area (Å²) in [5, 5.41) is 0. The predicted molar refractivity (Wildman–Crippen MR) is 129 cm³/mol. The van der Waals surface area contributed by atoms with Crippen LogP contribution in [0.25, 0.3) is 0 Å². The topological polar surface area (TPSA) is 0 Å². The molecule has 4 saturated carbocycles. The maximum Gasteiger partial charge on any atom is 0.0288 e. The van der Waals surface area contributed by atoms with Crippen molar-refractivity contribution in [2.75, 3.05) is 0 Å². The van der Waals surface area contributed by atoms with Gasteiger partial charge in [-0.05, 0) is 60.3 Å². The van der Waals surface area contributed by atoms with Crippen LogP contribution < -0.4 is 0 Å². The molecular formula is C24H45BrSi2. The van der Waals surface area contributed by atoms with Crippen molar-refractivity contribution >= 4 is 32.6 Å². The van der Waals surface area contributed by atoms with Crippen molar-refractivity contribution in [3.05, 3.63) is 0 Å². The highest BCUT2D eigenvalue weighted by Crippen LogP contribution is 2.61. The molecule has 27 heavy (non-hydrogen) atoms. The summed E-state index contributed by atoms with van der Waals surface area (Å²) in [7, 11) is -1.06. The molecule has 0 nitrogen and oxygen atoms in total. The van der Waals surface area contributed by atoms with Gasteiger partial charge in [-0.2, -0.15) is 0 Å². The van der Waals surface area contributed by atoms with E-state index in [0.717, 1.165) is 40.3 Å². The fourth-order valence-electron chi connectivity index (χ4n) is 8.65. The molecule has 0 aliphatic heterocycles. The summed E-state index contributed by atoms with van der Waals surface area (Å²) < 4.78 is 0. The van der Waals surface area contributed by atoms with E-state index in [0.29, 0.717) is 0 Å². The van der Waals surface area contributed by atoms with Gasteiger partial charge in [0.15, 0.2) is 0 Å². The van der Waals surface area contributed by atoms with Crippen LogP contribution in [0, 0.1) is 35.5 Å². The summed E-state index contributed by atoms with van der Waals surface area (Å²) in [5.74, 6) is 6.46. The van der Waals surface area contributed by atoms with Crippen LogP contribution in [0.1, 0.15) is 84.5 Å². The second kappa shape index (κ2) is 8.96. The van der Waals surface area contributed by atoms with Gasteiger partial charge in [0.05, 0.1) is 0 Å². The van der Waals surface area contributed by atoms with Gasteiger partial charge in [0.1, 0.15) is 0 Å². The van der Waals surface area contributed by atoms with E-state index in [-0.39, 0.29) is 0 Å². The lowest BCUT2D eigenvalue weighted by Crippen LogP contribution is -2.44. The van der Waals surface area contributed by atoms with Gasteiger partial charge >= 0.3 is 0 Å². The molecular weight excluding hydrogens is 424 g/mol. The van der Waals surface area contributed by atoms with Crippen molar-refractivity contribution in [1.29, 1.82) is 0 Å².